The van der Waals surface area contributed by atoms with E-state index in [0.29, 0.717) is 11.3 Å². The number of benzene rings is 2. The minimum atomic E-state index is -0.634. The first-order valence-electron chi connectivity index (χ1n) is 7.23. The van der Waals surface area contributed by atoms with Crippen LogP contribution in [0.1, 0.15) is 36.1 Å². The summed E-state index contributed by atoms with van der Waals surface area (Å²) < 4.78 is 0. The minimum absolute atomic E-state index is 0.0674. The van der Waals surface area contributed by atoms with Gasteiger partial charge in [0.05, 0.1) is 17.0 Å². The van der Waals surface area contributed by atoms with Gasteiger partial charge in [-0.2, -0.15) is 5.26 Å². The molecule has 0 aromatic heterocycles. The van der Waals surface area contributed by atoms with Gasteiger partial charge in [-0.05, 0) is 57.5 Å². The van der Waals surface area contributed by atoms with Crippen LogP contribution >= 0.6 is 0 Å². The maximum Gasteiger partial charge on any atom is 0.234 e. The molecule has 112 valence electrons. The Morgan fingerprint density at radius 2 is 1.59 bits per heavy atom. The van der Waals surface area contributed by atoms with Gasteiger partial charge in [-0.15, -0.1) is 0 Å². The molecule has 0 spiro atoms. The Bertz CT molecular complexity index is 717. The molecule has 0 aliphatic rings. The third-order valence-corrected chi connectivity index (χ3v) is 3.78. The van der Waals surface area contributed by atoms with Crippen molar-refractivity contribution in [2.45, 2.75) is 33.1 Å². The van der Waals surface area contributed by atoms with Crippen molar-refractivity contribution in [1.29, 1.82) is 5.26 Å². The van der Waals surface area contributed by atoms with Crippen LogP contribution in [-0.2, 0) is 10.2 Å². The molecule has 3 nitrogen and oxygen atoms in total. The monoisotopic (exact) mass is 292 g/mol. The lowest BCUT2D eigenvalue weighted by Gasteiger charge is -2.25. The molecule has 2 aromatic rings. The van der Waals surface area contributed by atoms with Crippen LogP contribution in [0.4, 0.5) is 5.69 Å². The van der Waals surface area contributed by atoms with Gasteiger partial charge in [-0.1, -0.05) is 29.3 Å². The third kappa shape index (κ3) is 3.35. The Balaban J connectivity index is 2.24. The number of nitrogens with one attached hydrogen (secondary N) is 1. The van der Waals surface area contributed by atoms with E-state index in [1.165, 1.54) is 0 Å². The number of carbonyl (C=O) groups is 1. The first-order chi connectivity index (χ1) is 10.3. The van der Waals surface area contributed by atoms with E-state index in [1.54, 1.807) is 24.3 Å². The summed E-state index contributed by atoms with van der Waals surface area (Å²) in [7, 11) is 0. The SMILES string of the molecule is Cc1cc(C)cc(C(C)(C)C(=O)Nc2ccc(C#N)cc2)c1. The van der Waals surface area contributed by atoms with E-state index in [1.807, 2.05) is 39.8 Å². The molecular formula is C19H20N2O. The maximum absolute atomic E-state index is 12.6. The van der Waals surface area contributed by atoms with E-state index < -0.39 is 5.41 Å². The zero-order chi connectivity index (χ0) is 16.3. The van der Waals surface area contributed by atoms with Crippen LogP contribution in [0.3, 0.4) is 0 Å². The quantitative estimate of drug-likeness (QED) is 0.926. The Kier molecular flexibility index (Phi) is 4.32. The third-order valence-electron chi connectivity index (χ3n) is 3.78. The standard InChI is InChI=1S/C19H20N2O/c1-13-9-14(2)11-16(10-13)19(3,4)18(22)21-17-7-5-15(12-20)6-8-17/h5-11H,1-4H3,(H,21,22). The van der Waals surface area contributed by atoms with E-state index >= 15 is 0 Å². The normalized spacial score (nSPS) is 10.9. The molecule has 0 radical (unpaired) electrons. The van der Waals surface area contributed by atoms with Crippen LogP contribution in [0.15, 0.2) is 42.5 Å². The number of aryl methyl sites for hydroxylation is 2. The lowest BCUT2D eigenvalue weighted by Crippen LogP contribution is -2.34. The molecule has 0 saturated heterocycles. The van der Waals surface area contributed by atoms with Crippen molar-refractivity contribution < 1.29 is 4.79 Å². The minimum Gasteiger partial charge on any atom is -0.325 e. The van der Waals surface area contributed by atoms with Crippen LogP contribution in [-0.4, -0.2) is 5.91 Å². The van der Waals surface area contributed by atoms with Crippen LogP contribution in [0.2, 0.25) is 0 Å². The van der Waals surface area contributed by atoms with Crippen LogP contribution in [0.25, 0.3) is 0 Å². The summed E-state index contributed by atoms with van der Waals surface area (Å²) in [6.45, 7) is 7.90. The predicted molar refractivity (Wildman–Crippen MR) is 88.7 cm³/mol. The highest BCUT2D eigenvalue weighted by atomic mass is 16.2. The summed E-state index contributed by atoms with van der Waals surface area (Å²) >= 11 is 0. The van der Waals surface area contributed by atoms with Gasteiger partial charge in [0.1, 0.15) is 0 Å². The highest BCUT2D eigenvalue weighted by Crippen LogP contribution is 2.27. The summed E-state index contributed by atoms with van der Waals surface area (Å²) in [4.78, 5) is 12.6. The molecule has 1 N–H and O–H groups in total. The second-order valence-electron chi connectivity index (χ2n) is 6.14. The lowest BCUT2D eigenvalue weighted by molar-refractivity contribution is -0.120. The average Bonchev–Trinajstić information content (AvgIpc) is 2.47. The number of hydrogen-bond acceptors (Lipinski definition) is 2. The van der Waals surface area contributed by atoms with Gasteiger partial charge in [0.2, 0.25) is 5.91 Å². The fourth-order valence-corrected chi connectivity index (χ4v) is 2.38. The molecule has 2 rings (SSSR count). The lowest BCUT2D eigenvalue weighted by atomic mass is 9.82. The topological polar surface area (TPSA) is 52.9 Å². The highest BCUT2D eigenvalue weighted by molar-refractivity contribution is 5.98. The van der Waals surface area contributed by atoms with Crippen LogP contribution in [0, 0.1) is 25.2 Å². The first-order valence-corrected chi connectivity index (χ1v) is 7.23. The second kappa shape index (κ2) is 6.03. The van der Waals surface area contributed by atoms with E-state index in [2.05, 4.69) is 17.5 Å². The number of nitrogens with zero attached hydrogens (tertiary/aromatic N) is 1. The zero-order valence-corrected chi connectivity index (χ0v) is 13.4. The molecule has 0 aliphatic heterocycles. The summed E-state index contributed by atoms with van der Waals surface area (Å²) in [6, 6.07) is 15.1. The first kappa shape index (κ1) is 15.8. The van der Waals surface area contributed by atoms with Gasteiger partial charge < -0.3 is 5.32 Å². The fraction of sp³-hybridized carbons (Fsp3) is 0.263. The molecule has 3 heteroatoms. The molecule has 0 saturated carbocycles. The molecule has 0 heterocycles. The van der Waals surface area contributed by atoms with Gasteiger partial charge in [-0.3, -0.25) is 4.79 Å². The van der Waals surface area contributed by atoms with Crippen molar-refractivity contribution in [2.75, 3.05) is 5.32 Å². The van der Waals surface area contributed by atoms with Gasteiger partial charge in [0.15, 0.2) is 0 Å². The van der Waals surface area contributed by atoms with E-state index in [0.717, 1.165) is 16.7 Å². The number of nitriles is 1. The molecule has 0 bridgehead atoms. The highest BCUT2D eigenvalue weighted by Gasteiger charge is 2.30. The summed E-state index contributed by atoms with van der Waals surface area (Å²) in [5.74, 6) is -0.0674. The molecule has 0 unspecified atom stereocenters. The zero-order valence-electron chi connectivity index (χ0n) is 13.4. The Morgan fingerprint density at radius 1 is 1.05 bits per heavy atom. The maximum atomic E-state index is 12.6. The second-order valence-corrected chi connectivity index (χ2v) is 6.14. The van der Waals surface area contributed by atoms with Crippen molar-refractivity contribution >= 4 is 11.6 Å². The number of rotatable bonds is 3. The molecule has 22 heavy (non-hydrogen) atoms. The largest absolute Gasteiger partial charge is 0.325 e. The van der Waals surface area contributed by atoms with Gasteiger partial charge in [0, 0.05) is 5.69 Å². The summed E-state index contributed by atoms with van der Waals surface area (Å²) in [5.41, 5.74) is 3.93. The van der Waals surface area contributed by atoms with Gasteiger partial charge >= 0.3 is 0 Å². The Hall–Kier alpha value is -2.60. The summed E-state index contributed by atoms with van der Waals surface area (Å²) in [5, 5.41) is 11.7. The summed E-state index contributed by atoms with van der Waals surface area (Å²) in [6.07, 6.45) is 0. The van der Waals surface area contributed by atoms with E-state index in [-0.39, 0.29) is 5.91 Å². The average molecular weight is 292 g/mol. The van der Waals surface area contributed by atoms with Gasteiger partial charge in [0.25, 0.3) is 0 Å². The Labute approximate surface area is 131 Å². The fourth-order valence-electron chi connectivity index (χ4n) is 2.38. The number of hydrogen-bond donors (Lipinski definition) is 1. The van der Waals surface area contributed by atoms with Crippen molar-refractivity contribution in [3.63, 3.8) is 0 Å². The predicted octanol–water partition coefficient (Wildman–Crippen LogP) is 4.09. The molecule has 2 aromatic carbocycles. The van der Waals surface area contributed by atoms with Crippen molar-refractivity contribution in [3.05, 3.63) is 64.7 Å². The van der Waals surface area contributed by atoms with Gasteiger partial charge in [-0.25, -0.2) is 0 Å². The number of carbonyl (C=O) groups excluding carboxylic acids is 1. The molecule has 1 amide bonds. The molecule has 0 aliphatic carbocycles. The van der Waals surface area contributed by atoms with Crippen molar-refractivity contribution in [2.24, 2.45) is 0 Å². The Morgan fingerprint density at radius 3 is 2.09 bits per heavy atom. The molecular weight excluding hydrogens is 272 g/mol. The van der Waals surface area contributed by atoms with Crippen molar-refractivity contribution in [3.8, 4) is 6.07 Å². The van der Waals surface area contributed by atoms with E-state index in [9.17, 15) is 4.79 Å². The number of anilines is 1. The number of amides is 1. The van der Waals surface area contributed by atoms with Crippen LogP contribution < -0.4 is 5.32 Å². The smallest absolute Gasteiger partial charge is 0.234 e. The molecule has 0 atom stereocenters. The van der Waals surface area contributed by atoms with E-state index in [4.69, 9.17) is 5.26 Å². The van der Waals surface area contributed by atoms with Crippen molar-refractivity contribution in [1.82, 2.24) is 0 Å². The van der Waals surface area contributed by atoms with Crippen LogP contribution in [0.5, 0.6) is 0 Å². The molecule has 0 fully saturated rings.